The van der Waals surface area contributed by atoms with Gasteiger partial charge in [-0.15, -0.1) is 0 Å². The molecule has 37 heavy (non-hydrogen) atoms. The Bertz CT molecular complexity index is 1140. The van der Waals surface area contributed by atoms with Crippen LogP contribution in [0.5, 0.6) is 5.75 Å². The summed E-state index contributed by atoms with van der Waals surface area (Å²) in [4.78, 5) is 26.6. The Labute approximate surface area is 211 Å². The van der Waals surface area contributed by atoms with Gasteiger partial charge in [0.05, 0.1) is 30.9 Å². The molecule has 2 aromatic rings. The number of aliphatic hydroxyl groups is 1. The number of nitrogens with one attached hydrogen (secondary N) is 2. The number of methoxy groups -OCH3 is 1. The molecule has 1 aliphatic carbocycles. The lowest BCUT2D eigenvalue weighted by atomic mass is 9.76. The van der Waals surface area contributed by atoms with Gasteiger partial charge in [-0.3, -0.25) is 14.5 Å². The average molecular weight is 524 g/mol. The molecule has 7 nitrogen and oxygen atoms in total. The predicted molar refractivity (Wildman–Crippen MR) is 126 cm³/mol. The van der Waals surface area contributed by atoms with E-state index in [0.717, 1.165) is 31.0 Å². The first-order valence-corrected chi connectivity index (χ1v) is 12.0. The van der Waals surface area contributed by atoms with Crippen molar-refractivity contribution in [2.24, 2.45) is 0 Å². The lowest BCUT2D eigenvalue weighted by Crippen LogP contribution is -2.63. The van der Waals surface area contributed by atoms with E-state index in [0.29, 0.717) is 31.5 Å². The Kier molecular flexibility index (Phi) is 7.75. The molecule has 0 radical (unpaired) electrons. The van der Waals surface area contributed by atoms with Gasteiger partial charge in [-0.2, -0.15) is 13.2 Å². The third-order valence-corrected chi connectivity index (χ3v) is 7.12. The molecule has 4 rings (SSSR count). The van der Waals surface area contributed by atoms with Crippen LogP contribution in [-0.4, -0.2) is 60.6 Å². The normalized spacial score (nSPS) is 22.7. The van der Waals surface area contributed by atoms with Crippen molar-refractivity contribution in [3.05, 3.63) is 65.0 Å². The lowest BCUT2D eigenvalue weighted by molar-refractivity contribution is -0.137. The molecule has 3 N–H and O–H groups in total. The largest absolute Gasteiger partial charge is 0.494 e. The fourth-order valence-electron chi connectivity index (χ4n) is 4.97. The van der Waals surface area contributed by atoms with Crippen molar-refractivity contribution in [2.75, 3.05) is 26.7 Å². The Morgan fingerprint density at radius 3 is 2.46 bits per heavy atom. The summed E-state index contributed by atoms with van der Waals surface area (Å²) >= 11 is 0. The highest BCUT2D eigenvalue weighted by Gasteiger charge is 2.40. The second-order valence-corrected chi connectivity index (χ2v) is 9.59. The molecule has 2 aromatic carbocycles. The van der Waals surface area contributed by atoms with Crippen molar-refractivity contribution in [3.63, 3.8) is 0 Å². The van der Waals surface area contributed by atoms with Crippen LogP contribution in [-0.2, 0) is 16.6 Å². The Morgan fingerprint density at radius 1 is 1.14 bits per heavy atom. The predicted octanol–water partition coefficient (Wildman–Crippen LogP) is 3.21. The summed E-state index contributed by atoms with van der Waals surface area (Å²) in [5, 5.41) is 16.2. The first-order valence-electron chi connectivity index (χ1n) is 12.0. The highest BCUT2D eigenvalue weighted by atomic mass is 19.4. The zero-order chi connectivity index (χ0) is 26.8. The summed E-state index contributed by atoms with van der Waals surface area (Å²) in [6, 6.07) is 8.66. The van der Waals surface area contributed by atoms with Gasteiger partial charge in [-0.1, -0.05) is 12.1 Å². The lowest BCUT2D eigenvalue weighted by Gasteiger charge is -2.48. The summed E-state index contributed by atoms with van der Waals surface area (Å²) in [5.74, 6) is -1.57. The van der Waals surface area contributed by atoms with Gasteiger partial charge in [-0.25, -0.2) is 4.39 Å². The molecular formula is C26H29F4N3O4. The van der Waals surface area contributed by atoms with E-state index >= 15 is 0 Å². The monoisotopic (exact) mass is 523 g/mol. The molecule has 11 heteroatoms. The van der Waals surface area contributed by atoms with Crippen LogP contribution in [0.25, 0.3) is 0 Å². The molecule has 1 saturated carbocycles. The molecule has 1 heterocycles. The first kappa shape index (κ1) is 26.9. The van der Waals surface area contributed by atoms with Gasteiger partial charge in [0.2, 0.25) is 5.91 Å². The van der Waals surface area contributed by atoms with Crippen LogP contribution >= 0.6 is 0 Å². The number of carbonyl (C=O) groups excluding carboxylic acids is 2. The van der Waals surface area contributed by atoms with E-state index in [2.05, 4.69) is 15.5 Å². The van der Waals surface area contributed by atoms with Gasteiger partial charge in [0.25, 0.3) is 5.91 Å². The number of hydrogen-bond donors (Lipinski definition) is 3. The maximum Gasteiger partial charge on any atom is 0.416 e. The SMILES string of the molecule is COc1ccc([C@]2(O)CC[C@H](N3CC(NC(=O)CNC(=O)c4cccc(C(F)(F)F)c4)C3)CC2)cc1F. The molecule has 1 saturated heterocycles. The van der Waals surface area contributed by atoms with Gasteiger partial charge < -0.3 is 20.5 Å². The van der Waals surface area contributed by atoms with Crippen LogP contribution in [0.15, 0.2) is 42.5 Å². The Morgan fingerprint density at radius 2 is 1.84 bits per heavy atom. The third-order valence-electron chi connectivity index (χ3n) is 7.12. The summed E-state index contributed by atoms with van der Waals surface area (Å²) < 4.78 is 57.5. The standard InChI is InChI=1S/C26H29F4N3O4/c1-37-22-6-5-17(12-21(22)27)25(36)9-7-20(8-10-25)33-14-19(15-33)32-23(34)13-31-24(35)16-3-2-4-18(11-16)26(28,29)30/h2-6,11-12,19-20,36H,7-10,13-15H2,1H3,(H,31,35)(H,32,34)/t20-,25-. The van der Waals surface area contributed by atoms with Crippen LogP contribution in [0.4, 0.5) is 17.6 Å². The van der Waals surface area contributed by atoms with E-state index in [1.165, 1.54) is 25.3 Å². The zero-order valence-electron chi connectivity index (χ0n) is 20.3. The maximum absolute atomic E-state index is 14.1. The summed E-state index contributed by atoms with van der Waals surface area (Å²) in [6.45, 7) is 0.890. The highest BCUT2D eigenvalue weighted by molar-refractivity contribution is 5.96. The van der Waals surface area contributed by atoms with Crippen molar-refractivity contribution in [1.82, 2.24) is 15.5 Å². The van der Waals surface area contributed by atoms with Crippen LogP contribution in [0.2, 0.25) is 0 Å². The van der Waals surface area contributed by atoms with Crippen molar-refractivity contribution >= 4 is 11.8 Å². The maximum atomic E-state index is 14.1. The van der Waals surface area contributed by atoms with Crippen molar-refractivity contribution < 1.29 is 37.0 Å². The second kappa shape index (κ2) is 10.7. The molecule has 0 aromatic heterocycles. The van der Waals surface area contributed by atoms with Crippen LogP contribution < -0.4 is 15.4 Å². The van der Waals surface area contributed by atoms with Gasteiger partial charge in [0, 0.05) is 24.7 Å². The van der Waals surface area contributed by atoms with E-state index in [4.69, 9.17) is 4.74 Å². The molecule has 0 spiro atoms. The summed E-state index contributed by atoms with van der Waals surface area (Å²) in [7, 11) is 1.39. The van der Waals surface area contributed by atoms with Crippen molar-refractivity contribution in [2.45, 2.75) is 49.5 Å². The average Bonchev–Trinajstić information content (AvgIpc) is 2.84. The van der Waals surface area contributed by atoms with Crippen LogP contribution in [0.1, 0.15) is 47.2 Å². The number of amides is 2. The van der Waals surface area contributed by atoms with E-state index in [1.807, 2.05) is 0 Å². The highest BCUT2D eigenvalue weighted by Crippen LogP contribution is 2.40. The van der Waals surface area contributed by atoms with Crippen LogP contribution in [0, 0.1) is 5.82 Å². The summed E-state index contributed by atoms with van der Waals surface area (Å²) in [6.07, 6.45) is -2.15. The molecule has 2 fully saturated rings. The van der Waals surface area contributed by atoms with Gasteiger partial charge in [0.15, 0.2) is 11.6 Å². The van der Waals surface area contributed by atoms with E-state index < -0.39 is 35.0 Å². The Balaban J connectivity index is 1.19. The van der Waals surface area contributed by atoms with Crippen LogP contribution in [0.3, 0.4) is 0 Å². The number of likely N-dealkylation sites (tertiary alicyclic amines) is 1. The van der Waals surface area contributed by atoms with Gasteiger partial charge in [-0.05, 0) is 61.6 Å². The van der Waals surface area contributed by atoms with E-state index in [1.54, 1.807) is 6.07 Å². The minimum absolute atomic E-state index is 0.102. The molecule has 0 atom stereocenters. The first-order chi connectivity index (χ1) is 17.5. The molecule has 1 aliphatic heterocycles. The number of hydrogen-bond acceptors (Lipinski definition) is 5. The quantitative estimate of drug-likeness (QED) is 0.485. The number of halogens is 4. The second-order valence-electron chi connectivity index (χ2n) is 9.59. The zero-order valence-corrected chi connectivity index (χ0v) is 20.3. The minimum Gasteiger partial charge on any atom is -0.494 e. The van der Waals surface area contributed by atoms with Crippen molar-refractivity contribution in [1.29, 1.82) is 0 Å². The number of nitrogens with zero attached hydrogens (tertiary/aromatic N) is 1. The number of carbonyl (C=O) groups is 2. The molecule has 2 aliphatic rings. The fraction of sp³-hybridized carbons (Fsp3) is 0.462. The van der Waals surface area contributed by atoms with Gasteiger partial charge in [0.1, 0.15) is 0 Å². The van der Waals surface area contributed by atoms with Gasteiger partial charge >= 0.3 is 6.18 Å². The molecule has 2 amide bonds. The molecule has 0 bridgehead atoms. The van der Waals surface area contributed by atoms with E-state index in [-0.39, 0.29) is 29.9 Å². The topological polar surface area (TPSA) is 90.9 Å². The van der Waals surface area contributed by atoms with E-state index in [9.17, 15) is 32.3 Å². The molecular weight excluding hydrogens is 494 g/mol. The Hall–Kier alpha value is -3.18. The number of benzene rings is 2. The summed E-state index contributed by atoms with van der Waals surface area (Å²) in [5.41, 5.74) is -1.67. The molecule has 0 unspecified atom stereocenters. The number of rotatable bonds is 7. The molecule has 200 valence electrons. The van der Waals surface area contributed by atoms with Crippen molar-refractivity contribution in [3.8, 4) is 5.75 Å². The smallest absolute Gasteiger partial charge is 0.416 e. The number of alkyl halides is 3. The minimum atomic E-state index is -4.56. The number of ether oxygens (including phenoxy) is 1. The third kappa shape index (κ3) is 6.22. The fourth-order valence-corrected chi connectivity index (χ4v) is 4.97.